The van der Waals surface area contributed by atoms with E-state index in [0.29, 0.717) is 23.6 Å². The van der Waals surface area contributed by atoms with Crippen molar-refractivity contribution in [3.05, 3.63) is 59.4 Å². The first kappa shape index (κ1) is 16.3. The van der Waals surface area contributed by atoms with E-state index in [1.165, 1.54) is 12.1 Å². The van der Waals surface area contributed by atoms with Crippen LogP contribution in [0.25, 0.3) is 0 Å². The smallest absolute Gasteiger partial charge is 0.254 e. The third kappa shape index (κ3) is 3.50. The summed E-state index contributed by atoms with van der Waals surface area (Å²) >= 11 is 0. The minimum absolute atomic E-state index is 0.165. The van der Waals surface area contributed by atoms with Crippen molar-refractivity contribution in [1.29, 1.82) is 0 Å². The average molecular weight is 329 g/mol. The third-order valence-electron chi connectivity index (χ3n) is 4.15. The fourth-order valence-electron chi connectivity index (χ4n) is 2.73. The average Bonchev–Trinajstić information content (AvgIpc) is 3.43. The molecule has 0 spiro atoms. The number of hydrogen-bond donors (Lipinski definition) is 0. The van der Waals surface area contributed by atoms with E-state index in [-0.39, 0.29) is 11.9 Å². The molecule has 4 nitrogen and oxygen atoms in total. The second-order valence-corrected chi connectivity index (χ2v) is 5.85. The Bertz CT molecular complexity index is 743. The maximum Gasteiger partial charge on any atom is 0.254 e. The van der Waals surface area contributed by atoms with E-state index in [1.807, 2.05) is 18.2 Å². The van der Waals surface area contributed by atoms with Crippen LogP contribution in [0.3, 0.4) is 0 Å². The lowest BCUT2D eigenvalue weighted by molar-refractivity contribution is 0.0728. The molecular formula is C19H20FNO3. The summed E-state index contributed by atoms with van der Waals surface area (Å²) in [6.45, 7) is 0.403. The van der Waals surface area contributed by atoms with Crippen molar-refractivity contribution in [3.63, 3.8) is 0 Å². The Kier molecular flexibility index (Phi) is 4.69. The molecule has 0 unspecified atom stereocenters. The largest absolute Gasteiger partial charge is 0.497 e. The van der Waals surface area contributed by atoms with E-state index >= 15 is 0 Å². The van der Waals surface area contributed by atoms with Gasteiger partial charge in [-0.3, -0.25) is 4.79 Å². The lowest BCUT2D eigenvalue weighted by Gasteiger charge is -2.24. The monoisotopic (exact) mass is 329 g/mol. The molecule has 1 aliphatic carbocycles. The summed E-state index contributed by atoms with van der Waals surface area (Å²) in [7, 11) is 3.20. The van der Waals surface area contributed by atoms with Crippen molar-refractivity contribution >= 4 is 5.91 Å². The summed E-state index contributed by atoms with van der Waals surface area (Å²) in [6.07, 6.45) is 1.93. The lowest BCUT2D eigenvalue weighted by Crippen LogP contribution is -2.32. The fraction of sp³-hybridized carbons (Fsp3) is 0.316. The molecule has 0 radical (unpaired) electrons. The summed E-state index contributed by atoms with van der Waals surface area (Å²) < 4.78 is 24.1. The number of amides is 1. The van der Waals surface area contributed by atoms with Gasteiger partial charge in [0.25, 0.3) is 5.91 Å². The summed E-state index contributed by atoms with van der Waals surface area (Å²) in [5.74, 6) is 0.839. The lowest BCUT2D eigenvalue weighted by atomic mass is 10.1. The van der Waals surface area contributed by atoms with Gasteiger partial charge in [0.15, 0.2) is 0 Å². The molecule has 0 bridgehead atoms. The van der Waals surface area contributed by atoms with Crippen LogP contribution in [0.2, 0.25) is 0 Å². The zero-order valence-electron chi connectivity index (χ0n) is 13.8. The number of rotatable bonds is 6. The Balaban J connectivity index is 1.88. The van der Waals surface area contributed by atoms with Gasteiger partial charge in [-0.15, -0.1) is 0 Å². The Morgan fingerprint density at radius 3 is 2.58 bits per heavy atom. The summed E-state index contributed by atoms with van der Waals surface area (Å²) in [5, 5.41) is 0. The second kappa shape index (κ2) is 6.91. The van der Waals surface area contributed by atoms with Gasteiger partial charge in [0.1, 0.15) is 17.3 Å². The standard InChI is InChI=1S/C19H20FNO3/c1-23-17-8-9-18(24-2)14(11-17)12-21(16-6-7-16)19(22)13-4-3-5-15(20)10-13/h3-5,8-11,16H,6-7,12H2,1-2H3. The third-order valence-corrected chi connectivity index (χ3v) is 4.15. The van der Waals surface area contributed by atoms with Gasteiger partial charge in [0, 0.05) is 17.2 Å². The van der Waals surface area contributed by atoms with Crippen molar-refractivity contribution in [2.75, 3.05) is 14.2 Å². The molecule has 3 rings (SSSR count). The second-order valence-electron chi connectivity index (χ2n) is 5.85. The topological polar surface area (TPSA) is 38.8 Å². The molecule has 0 N–H and O–H groups in total. The number of ether oxygens (including phenoxy) is 2. The zero-order chi connectivity index (χ0) is 17.1. The quantitative estimate of drug-likeness (QED) is 0.812. The molecular weight excluding hydrogens is 309 g/mol. The Hall–Kier alpha value is -2.56. The van der Waals surface area contributed by atoms with E-state index in [2.05, 4.69) is 0 Å². The molecule has 126 valence electrons. The van der Waals surface area contributed by atoms with Crippen molar-refractivity contribution in [3.8, 4) is 11.5 Å². The first-order valence-electron chi connectivity index (χ1n) is 7.90. The van der Waals surface area contributed by atoms with Gasteiger partial charge in [-0.25, -0.2) is 4.39 Å². The van der Waals surface area contributed by atoms with Crippen molar-refractivity contribution in [2.45, 2.75) is 25.4 Å². The van der Waals surface area contributed by atoms with Crippen molar-refractivity contribution < 1.29 is 18.7 Å². The van der Waals surface area contributed by atoms with Crippen LogP contribution >= 0.6 is 0 Å². The van der Waals surface area contributed by atoms with E-state index in [0.717, 1.165) is 18.4 Å². The molecule has 1 saturated carbocycles. The normalized spacial score (nSPS) is 13.5. The van der Waals surface area contributed by atoms with Crippen LogP contribution in [0.15, 0.2) is 42.5 Å². The highest BCUT2D eigenvalue weighted by Crippen LogP contribution is 2.33. The molecule has 24 heavy (non-hydrogen) atoms. The van der Waals surface area contributed by atoms with E-state index < -0.39 is 5.82 Å². The SMILES string of the molecule is COc1ccc(OC)c(CN(C(=O)c2cccc(F)c2)C2CC2)c1. The first-order chi connectivity index (χ1) is 11.6. The Morgan fingerprint density at radius 1 is 1.17 bits per heavy atom. The molecule has 0 aliphatic heterocycles. The van der Waals surface area contributed by atoms with Crippen LogP contribution in [0.5, 0.6) is 11.5 Å². The van der Waals surface area contributed by atoms with Crippen LogP contribution in [-0.4, -0.2) is 31.1 Å². The van der Waals surface area contributed by atoms with Crippen molar-refractivity contribution in [1.82, 2.24) is 4.90 Å². The maximum atomic E-state index is 13.4. The van der Waals surface area contributed by atoms with Gasteiger partial charge in [0.05, 0.1) is 20.8 Å². The molecule has 2 aromatic rings. The molecule has 1 amide bonds. The van der Waals surface area contributed by atoms with Gasteiger partial charge in [-0.2, -0.15) is 0 Å². The van der Waals surface area contributed by atoms with Crippen LogP contribution in [-0.2, 0) is 6.54 Å². The number of methoxy groups -OCH3 is 2. The number of carbonyl (C=O) groups excluding carboxylic acids is 1. The molecule has 0 atom stereocenters. The van der Waals surface area contributed by atoms with Gasteiger partial charge in [0.2, 0.25) is 0 Å². The first-order valence-corrected chi connectivity index (χ1v) is 7.90. The summed E-state index contributed by atoms with van der Waals surface area (Å²) in [4.78, 5) is 14.6. The number of nitrogens with zero attached hydrogens (tertiary/aromatic N) is 1. The van der Waals surface area contributed by atoms with Crippen LogP contribution < -0.4 is 9.47 Å². The number of hydrogen-bond acceptors (Lipinski definition) is 3. The molecule has 0 aromatic heterocycles. The van der Waals surface area contributed by atoms with E-state index in [4.69, 9.17) is 9.47 Å². The predicted molar refractivity (Wildman–Crippen MR) is 88.8 cm³/mol. The molecule has 1 fully saturated rings. The highest BCUT2D eigenvalue weighted by molar-refractivity contribution is 5.94. The van der Waals surface area contributed by atoms with Crippen LogP contribution in [0.4, 0.5) is 4.39 Å². The zero-order valence-corrected chi connectivity index (χ0v) is 13.8. The highest BCUT2D eigenvalue weighted by atomic mass is 19.1. The van der Waals surface area contributed by atoms with Gasteiger partial charge < -0.3 is 14.4 Å². The predicted octanol–water partition coefficient (Wildman–Crippen LogP) is 3.65. The Morgan fingerprint density at radius 2 is 1.96 bits per heavy atom. The molecule has 0 heterocycles. The number of halogens is 1. The number of carbonyl (C=O) groups is 1. The van der Waals surface area contributed by atoms with Crippen LogP contribution in [0.1, 0.15) is 28.8 Å². The minimum atomic E-state index is -0.407. The van der Waals surface area contributed by atoms with Crippen LogP contribution in [0, 0.1) is 5.82 Å². The Labute approximate surface area is 140 Å². The van der Waals surface area contributed by atoms with Gasteiger partial charge in [-0.1, -0.05) is 6.07 Å². The molecule has 0 saturated heterocycles. The number of benzene rings is 2. The van der Waals surface area contributed by atoms with E-state index in [1.54, 1.807) is 31.3 Å². The van der Waals surface area contributed by atoms with Gasteiger partial charge >= 0.3 is 0 Å². The minimum Gasteiger partial charge on any atom is -0.497 e. The maximum absolute atomic E-state index is 13.4. The molecule has 2 aromatic carbocycles. The highest BCUT2D eigenvalue weighted by Gasteiger charge is 2.33. The van der Waals surface area contributed by atoms with E-state index in [9.17, 15) is 9.18 Å². The summed E-state index contributed by atoms with van der Waals surface area (Å²) in [6, 6.07) is 11.5. The summed E-state index contributed by atoms with van der Waals surface area (Å²) in [5.41, 5.74) is 1.23. The molecule has 5 heteroatoms. The van der Waals surface area contributed by atoms with Gasteiger partial charge in [-0.05, 0) is 49.2 Å². The molecule has 1 aliphatic rings. The fourth-order valence-corrected chi connectivity index (χ4v) is 2.73. The van der Waals surface area contributed by atoms with Crippen molar-refractivity contribution in [2.24, 2.45) is 0 Å².